The second-order valence-corrected chi connectivity index (χ2v) is 5.16. The predicted molar refractivity (Wildman–Crippen MR) is 83.5 cm³/mol. The molecule has 2 aromatic heterocycles. The number of methoxy groups -OCH3 is 1. The number of hydrogen-bond acceptors (Lipinski definition) is 7. The van der Waals surface area contributed by atoms with Gasteiger partial charge in [0.25, 0.3) is 0 Å². The Hall–Kier alpha value is -2.12. The number of nitrogens with one attached hydrogen (secondary N) is 1. The Balaban J connectivity index is 1.96. The molecule has 0 saturated carbocycles. The van der Waals surface area contributed by atoms with Gasteiger partial charge >= 0.3 is 0 Å². The van der Waals surface area contributed by atoms with Crippen molar-refractivity contribution < 1.29 is 4.74 Å². The Bertz CT molecular complexity index is 598. The fourth-order valence-electron chi connectivity index (χ4n) is 2.47. The third-order valence-corrected chi connectivity index (χ3v) is 3.51. The Morgan fingerprint density at radius 3 is 3.00 bits per heavy atom. The minimum atomic E-state index is 0.453. The van der Waals surface area contributed by atoms with Crippen LogP contribution < -0.4 is 10.2 Å². The third-order valence-electron chi connectivity index (χ3n) is 3.51. The summed E-state index contributed by atoms with van der Waals surface area (Å²) in [4.78, 5) is 19.9. The molecule has 0 radical (unpaired) electrons. The summed E-state index contributed by atoms with van der Waals surface area (Å²) >= 11 is 0. The Labute approximate surface area is 129 Å². The molecule has 0 amide bonds. The average Bonchev–Trinajstić information content (AvgIpc) is 2.85. The van der Waals surface area contributed by atoms with Crippen LogP contribution in [0.1, 0.15) is 12.1 Å². The van der Waals surface area contributed by atoms with Gasteiger partial charge in [-0.15, -0.1) is 0 Å². The van der Waals surface area contributed by atoms with Gasteiger partial charge < -0.3 is 15.0 Å². The lowest BCUT2D eigenvalue weighted by Crippen LogP contribution is -2.29. The molecule has 7 nitrogen and oxygen atoms in total. The third kappa shape index (κ3) is 3.55. The molecule has 116 valence electrons. The predicted octanol–water partition coefficient (Wildman–Crippen LogP) is 0.880. The molecular formula is C15H20N6O. The van der Waals surface area contributed by atoms with E-state index in [2.05, 4.69) is 30.2 Å². The molecule has 1 fully saturated rings. The van der Waals surface area contributed by atoms with Gasteiger partial charge in [-0.1, -0.05) is 0 Å². The summed E-state index contributed by atoms with van der Waals surface area (Å²) in [5, 5.41) is 3.40. The van der Waals surface area contributed by atoms with Gasteiger partial charge in [-0.05, 0) is 13.0 Å². The first kappa shape index (κ1) is 14.8. The fourth-order valence-corrected chi connectivity index (χ4v) is 2.47. The smallest absolute Gasteiger partial charge is 0.182 e. The van der Waals surface area contributed by atoms with Crippen molar-refractivity contribution in [1.82, 2.24) is 25.3 Å². The normalized spacial score (nSPS) is 15.6. The van der Waals surface area contributed by atoms with Crippen LogP contribution in [0, 0.1) is 0 Å². The summed E-state index contributed by atoms with van der Waals surface area (Å²) in [5.41, 5.74) is 1.53. The molecule has 0 unspecified atom stereocenters. The van der Waals surface area contributed by atoms with E-state index in [0.717, 1.165) is 44.1 Å². The number of hydrogen-bond donors (Lipinski definition) is 1. The van der Waals surface area contributed by atoms with E-state index in [1.165, 1.54) is 0 Å². The summed E-state index contributed by atoms with van der Waals surface area (Å²) in [6, 6.07) is 1.99. The zero-order valence-corrected chi connectivity index (χ0v) is 12.7. The van der Waals surface area contributed by atoms with E-state index in [0.29, 0.717) is 18.1 Å². The van der Waals surface area contributed by atoms with Gasteiger partial charge in [0.2, 0.25) is 0 Å². The highest BCUT2D eigenvalue weighted by molar-refractivity contribution is 5.52. The van der Waals surface area contributed by atoms with Crippen LogP contribution in [-0.4, -0.2) is 53.2 Å². The first-order valence-corrected chi connectivity index (χ1v) is 7.46. The molecule has 3 heterocycles. The van der Waals surface area contributed by atoms with E-state index >= 15 is 0 Å². The maximum Gasteiger partial charge on any atom is 0.182 e. The topological polar surface area (TPSA) is 76.1 Å². The largest absolute Gasteiger partial charge is 0.378 e. The molecule has 0 bridgehead atoms. The quantitative estimate of drug-likeness (QED) is 0.898. The van der Waals surface area contributed by atoms with Gasteiger partial charge in [0.1, 0.15) is 11.5 Å². The molecular weight excluding hydrogens is 280 g/mol. The lowest BCUT2D eigenvalue weighted by molar-refractivity contribution is 0.181. The van der Waals surface area contributed by atoms with Gasteiger partial charge in [0.05, 0.1) is 18.5 Å². The summed E-state index contributed by atoms with van der Waals surface area (Å²) in [5.74, 6) is 1.52. The zero-order chi connectivity index (χ0) is 15.2. The van der Waals surface area contributed by atoms with E-state index in [1.54, 1.807) is 25.7 Å². The highest BCUT2D eigenvalue weighted by atomic mass is 16.5. The van der Waals surface area contributed by atoms with Crippen LogP contribution in [0.5, 0.6) is 0 Å². The first-order chi connectivity index (χ1) is 10.9. The van der Waals surface area contributed by atoms with Crippen molar-refractivity contribution in [3.63, 3.8) is 0 Å². The molecule has 0 aliphatic carbocycles. The zero-order valence-electron chi connectivity index (χ0n) is 12.7. The molecule has 0 atom stereocenters. The van der Waals surface area contributed by atoms with Crippen molar-refractivity contribution in [3.05, 3.63) is 30.4 Å². The highest BCUT2D eigenvalue weighted by Crippen LogP contribution is 2.19. The van der Waals surface area contributed by atoms with Crippen LogP contribution >= 0.6 is 0 Å². The average molecular weight is 300 g/mol. The number of rotatable bonds is 4. The number of nitrogens with zero attached hydrogens (tertiary/aromatic N) is 5. The van der Waals surface area contributed by atoms with Crippen LogP contribution in [0.15, 0.2) is 24.7 Å². The summed E-state index contributed by atoms with van der Waals surface area (Å²) in [6.07, 6.45) is 6.07. The number of ether oxygens (including phenoxy) is 1. The Kier molecular flexibility index (Phi) is 4.87. The molecule has 1 N–H and O–H groups in total. The van der Waals surface area contributed by atoms with Crippen molar-refractivity contribution in [2.75, 3.05) is 38.2 Å². The monoisotopic (exact) mass is 300 g/mol. The highest BCUT2D eigenvalue weighted by Gasteiger charge is 2.15. The molecule has 1 aliphatic rings. The van der Waals surface area contributed by atoms with Crippen molar-refractivity contribution >= 4 is 5.82 Å². The second kappa shape index (κ2) is 7.24. The van der Waals surface area contributed by atoms with Crippen LogP contribution in [0.4, 0.5) is 5.82 Å². The lowest BCUT2D eigenvalue weighted by Gasteiger charge is -2.22. The van der Waals surface area contributed by atoms with Gasteiger partial charge in [0, 0.05) is 45.2 Å². The minimum Gasteiger partial charge on any atom is -0.378 e. The van der Waals surface area contributed by atoms with Gasteiger partial charge in [-0.2, -0.15) is 0 Å². The van der Waals surface area contributed by atoms with E-state index in [9.17, 15) is 0 Å². The Morgan fingerprint density at radius 2 is 2.18 bits per heavy atom. The summed E-state index contributed by atoms with van der Waals surface area (Å²) in [6.45, 7) is 4.38. The van der Waals surface area contributed by atoms with Gasteiger partial charge in [-0.25, -0.2) is 15.0 Å². The maximum absolute atomic E-state index is 5.23. The molecule has 0 spiro atoms. The lowest BCUT2D eigenvalue weighted by atomic mass is 10.3. The molecule has 7 heteroatoms. The van der Waals surface area contributed by atoms with Crippen LogP contribution in [0.2, 0.25) is 0 Å². The molecule has 3 rings (SSSR count). The molecule has 0 aromatic carbocycles. The first-order valence-electron chi connectivity index (χ1n) is 7.46. The molecule has 1 aliphatic heterocycles. The maximum atomic E-state index is 5.23. The molecule has 2 aromatic rings. The van der Waals surface area contributed by atoms with Crippen molar-refractivity contribution in [1.29, 1.82) is 0 Å². The van der Waals surface area contributed by atoms with E-state index in [1.807, 2.05) is 6.07 Å². The van der Waals surface area contributed by atoms with Crippen molar-refractivity contribution in [2.45, 2.75) is 13.0 Å². The van der Waals surface area contributed by atoms with Crippen LogP contribution in [-0.2, 0) is 11.3 Å². The fraction of sp³-hybridized carbons (Fsp3) is 0.467. The molecule has 22 heavy (non-hydrogen) atoms. The second-order valence-electron chi connectivity index (χ2n) is 5.16. The Morgan fingerprint density at radius 1 is 1.23 bits per heavy atom. The van der Waals surface area contributed by atoms with E-state index in [-0.39, 0.29) is 0 Å². The number of anilines is 1. The van der Waals surface area contributed by atoms with Crippen LogP contribution in [0.3, 0.4) is 0 Å². The summed E-state index contributed by atoms with van der Waals surface area (Å²) < 4.78 is 5.23. The van der Waals surface area contributed by atoms with Crippen LogP contribution in [0.25, 0.3) is 11.5 Å². The number of aromatic nitrogens is 4. The summed E-state index contributed by atoms with van der Waals surface area (Å²) in [7, 11) is 1.67. The van der Waals surface area contributed by atoms with Gasteiger partial charge in [0.15, 0.2) is 5.82 Å². The van der Waals surface area contributed by atoms with Crippen molar-refractivity contribution in [3.8, 4) is 11.5 Å². The standard InChI is InChI=1S/C15H20N6O/c1-22-11-12-9-14(21-7-2-3-16-6-8-21)20-15(19-12)13-10-17-4-5-18-13/h4-5,9-10,16H,2-3,6-8,11H2,1H3. The van der Waals surface area contributed by atoms with Gasteiger partial charge in [-0.3, -0.25) is 4.98 Å². The van der Waals surface area contributed by atoms with E-state index < -0.39 is 0 Å². The SMILES string of the molecule is COCc1cc(N2CCCNCC2)nc(-c2cnccn2)n1. The van der Waals surface area contributed by atoms with Crippen molar-refractivity contribution in [2.24, 2.45) is 0 Å². The minimum absolute atomic E-state index is 0.453. The molecule has 1 saturated heterocycles. The van der Waals surface area contributed by atoms with E-state index in [4.69, 9.17) is 4.74 Å².